The van der Waals surface area contributed by atoms with Gasteiger partial charge in [0.2, 0.25) is 0 Å². The minimum Gasteiger partial charge on any atom is -0.369 e. The van der Waals surface area contributed by atoms with Gasteiger partial charge in [0.25, 0.3) is 0 Å². The summed E-state index contributed by atoms with van der Waals surface area (Å²) in [5, 5.41) is 12.4. The van der Waals surface area contributed by atoms with Crippen molar-refractivity contribution < 1.29 is 0 Å². The summed E-state index contributed by atoms with van der Waals surface area (Å²) in [6.45, 7) is 5.42. The highest BCUT2D eigenvalue weighted by Crippen LogP contribution is 2.28. The first kappa shape index (κ1) is 21.8. The molecule has 3 aromatic heterocycles. The van der Waals surface area contributed by atoms with Gasteiger partial charge in [-0.3, -0.25) is 9.97 Å². The average molecular weight is 448 g/mol. The van der Waals surface area contributed by atoms with Crippen molar-refractivity contribution in [2.45, 2.75) is 44.7 Å². The van der Waals surface area contributed by atoms with Crippen LogP contribution in [0.4, 0.5) is 11.5 Å². The Morgan fingerprint density at radius 2 is 2.00 bits per heavy atom. The Morgan fingerprint density at radius 3 is 2.76 bits per heavy atom. The molecule has 174 valence electrons. The maximum Gasteiger partial charge on any atom is 0.147 e. The van der Waals surface area contributed by atoms with Crippen LogP contribution < -0.4 is 15.1 Å². The molecule has 1 saturated heterocycles. The highest BCUT2D eigenvalue weighted by atomic mass is 15.4. The van der Waals surface area contributed by atoms with Gasteiger partial charge >= 0.3 is 0 Å². The zero-order valence-electron chi connectivity index (χ0n) is 19.7. The topological polar surface area (TPSA) is 87.9 Å². The quantitative estimate of drug-likeness (QED) is 0.564. The van der Waals surface area contributed by atoms with E-state index in [0.29, 0.717) is 17.4 Å². The third kappa shape index (κ3) is 5.13. The zero-order valence-corrected chi connectivity index (χ0v) is 19.7. The summed E-state index contributed by atoms with van der Waals surface area (Å²) in [7, 11) is 3.88. The number of piperidine rings is 1. The molecule has 0 aromatic carbocycles. The largest absolute Gasteiger partial charge is 0.369 e. The first-order valence-electron chi connectivity index (χ1n) is 11.9. The van der Waals surface area contributed by atoms with Crippen molar-refractivity contribution in [1.82, 2.24) is 35.3 Å². The van der Waals surface area contributed by atoms with Crippen molar-refractivity contribution in [3.8, 4) is 11.4 Å². The summed E-state index contributed by atoms with van der Waals surface area (Å²) in [4.78, 5) is 18.0. The highest BCUT2D eigenvalue weighted by Gasteiger charge is 2.25. The third-order valence-corrected chi connectivity index (χ3v) is 6.63. The molecule has 0 amide bonds. The van der Waals surface area contributed by atoms with E-state index in [1.54, 1.807) is 12.4 Å². The van der Waals surface area contributed by atoms with E-state index in [1.807, 2.05) is 36.1 Å². The molecular formula is C24H33N9. The molecule has 1 aliphatic carbocycles. The summed E-state index contributed by atoms with van der Waals surface area (Å²) >= 11 is 0. The Bertz CT molecular complexity index is 1060. The van der Waals surface area contributed by atoms with Crippen molar-refractivity contribution in [2.75, 3.05) is 43.5 Å². The highest BCUT2D eigenvalue weighted by molar-refractivity contribution is 5.54. The van der Waals surface area contributed by atoms with Crippen molar-refractivity contribution >= 4 is 11.5 Å². The molecular weight excluding hydrogens is 414 g/mol. The van der Waals surface area contributed by atoms with Gasteiger partial charge in [-0.25, -0.2) is 9.67 Å². The molecule has 9 nitrogen and oxygen atoms in total. The summed E-state index contributed by atoms with van der Waals surface area (Å²) in [6.07, 6.45) is 12.6. The molecule has 9 heteroatoms. The van der Waals surface area contributed by atoms with Crippen LogP contribution in [0.3, 0.4) is 0 Å². The van der Waals surface area contributed by atoms with Crippen LogP contribution in [0.2, 0.25) is 0 Å². The van der Waals surface area contributed by atoms with Crippen LogP contribution in [0.25, 0.3) is 11.4 Å². The Morgan fingerprint density at radius 1 is 1.12 bits per heavy atom. The fourth-order valence-corrected chi connectivity index (χ4v) is 4.28. The second-order valence-electron chi connectivity index (χ2n) is 9.49. The van der Waals surface area contributed by atoms with Crippen molar-refractivity contribution in [2.24, 2.45) is 5.92 Å². The normalized spacial score (nSPS) is 19.5. The number of nitrogens with one attached hydrogen (secondary N) is 1. The molecule has 33 heavy (non-hydrogen) atoms. The lowest BCUT2D eigenvalue weighted by atomic mass is 10.0. The van der Waals surface area contributed by atoms with E-state index >= 15 is 0 Å². The minimum absolute atomic E-state index is 0.0281. The van der Waals surface area contributed by atoms with E-state index in [2.05, 4.69) is 49.6 Å². The van der Waals surface area contributed by atoms with Crippen LogP contribution in [0, 0.1) is 5.92 Å². The molecule has 1 saturated carbocycles. The molecule has 1 N–H and O–H groups in total. The number of hydrogen-bond acceptors (Lipinski definition) is 8. The van der Waals surface area contributed by atoms with Gasteiger partial charge in [-0.2, -0.15) is 0 Å². The van der Waals surface area contributed by atoms with E-state index in [9.17, 15) is 0 Å². The van der Waals surface area contributed by atoms with Gasteiger partial charge < -0.3 is 15.1 Å². The van der Waals surface area contributed by atoms with Crippen molar-refractivity contribution in [3.05, 3.63) is 42.6 Å². The van der Waals surface area contributed by atoms with Gasteiger partial charge in [0, 0.05) is 33.2 Å². The number of anilines is 2. The van der Waals surface area contributed by atoms with E-state index in [0.717, 1.165) is 30.5 Å². The average Bonchev–Trinajstić information content (AvgIpc) is 3.56. The van der Waals surface area contributed by atoms with Gasteiger partial charge in [-0.15, -0.1) is 5.10 Å². The summed E-state index contributed by atoms with van der Waals surface area (Å²) in [5.74, 6) is 1.71. The molecule has 2 atom stereocenters. The van der Waals surface area contributed by atoms with Crippen molar-refractivity contribution in [3.63, 3.8) is 0 Å². The third-order valence-electron chi connectivity index (χ3n) is 6.63. The fraction of sp³-hybridized carbons (Fsp3) is 0.542. The molecule has 0 spiro atoms. The SMILES string of the molecule is CC(c1ccc(N2CCC[C@@H](NCC3CC3)C2)cn1)n1cc(-c2cncc(N(C)C)n2)nn1. The lowest BCUT2D eigenvalue weighted by Crippen LogP contribution is -2.46. The van der Waals surface area contributed by atoms with Crippen LogP contribution in [-0.2, 0) is 0 Å². The first-order chi connectivity index (χ1) is 16.1. The van der Waals surface area contributed by atoms with E-state index < -0.39 is 0 Å². The van der Waals surface area contributed by atoms with Gasteiger partial charge in [-0.1, -0.05) is 5.21 Å². The van der Waals surface area contributed by atoms with Crippen LogP contribution in [0.15, 0.2) is 36.9 Å². The summed E-state index contributed by atoms with van der Waals surface area (Å²) in [5.41, 5.74) is 3.56. The van der Waals surface area contributed by atoms with Gasteiger partial charge in [0.05, 0.1) is 42.2 Å². The van der Waals surface area contributed by atoms with Crippen LogP contribution in [0.1, 0.15) is 44.3 Å². The number of rotatable bonds is 8. The Kier molecular flexibility index (Phi) is 6.22. The maximum absolute atomic E-state index is 4.77. The number of pyridine rings is 1. The predicted octanol–water partition coefficient (Wildman–Crippen LogP) is 2.77. The van der Waals surface area contributed by atoms with Gasteiger partial charge in [-0.05, 0) is 57.2 Å². The number of hydrogen-bond donors (Lipinski definition) is 1. The van der Waals surface area contributed by atoms with E-state index in [1.165, 1.54) is 37.9 Å². The van der Waals surface area contributed by atoms with E-state index in [4.69, 9.17) is 4.98 Å². The van der Waals surface area contributed by atoms with Crippen LogP contribution in [-0.4, -0.2) is 69.7 Å². The number of nitrogens with zero attached hydrogens (tertiary/aromatic N) is 8. The Balaban J connectivity index is 1.24. The summed E-state index contributed by atoms with van der Waals surface area (Å²) < 4.78 is 1.83. The molecule has 4 heterocycles. The van der Waals surface area contributed by atoms with Crippen molar-refractivity contribution in [1.29, 1.82) is 0 Å². The first-order valence-corrected chi connectivity index (χ1v) is 11.9. The minimum atomic E-state index is -0.0281. The lowest BCUT2D eigenvalue weighted by molar-refractivity contribution is 0.416. The summed E-state index contributed by atoms with van der Waals surface area (Å²) in [6, 6.07) is 4.85. The molecule has 3 aromatic rings. The molecule has 5 rings (SSSR count). The van der Waals surface area contributed by atoms with Crippen LogP contribution in [0.5, 0.6) is 0 Å². The molecule has 2 fully saturated rings. The fourth-order valence-electron chi connectivity index (χ4n) is 4.28. The Hall–Kier alpha value is -3.07. The second kappa shape index (κ2) is 9.43. The standard InChI is InChI=1S/C24H33N9/c1-17(33-16-23(29-30-33)22-13-25-14-24(28-22)31(2)3)21-9-8-20(12-27-21)32-10-4-5-19(15-32)26-11-18-6-7-18/h8-9,12-14,16-19,26H,4-7,10-11,15H2,1-3H3/t17?,19-/m1/s1. The Labute approximate surface area is 195 Å². The molecule has 0 bridgehead atoms. The van der Waals surface area contributed by atoms with E-state index in [-0.39, 0.29) is 6.04 Å². The smallest absolute Gasteiger partial charge is 0.147 e. The lowest BCUT2D eigenvalue weighted by Gasteiger charge is -2.35. The molecule has 2 aliphatic rings. The van der Waals surface area contributed by atoms with Crippen LogP contribution >= 0.6 is 0 Å². The second-order valence-corrected chi connectivity index (χ2v) is 9.49. The molecule has 0 radical (unpaired) electrons. The van der Waals surface area contributed by atoms with Gasteiger partial charge in [0.1, 0.15) is 17.2 Å². The maximum atomic E-state index is 4.77. The number of aromatic nitrogens is 6. The molecule has 1 aliphatic heterocycles. The van der Waals surface area contributed by atoms with Gasteiger partial charge in [0.15, 0.2) is 0 Å². The monoisotopic (exact) mass is 447 g/mol. The molecule has 1 unspecified atom stereocenters. The predicted molar refractivity (Wildman–Crippen MR) is 129 cm³/mol. The zero-order chi connectivity index (χ0) is 22.8.